The van der Waals surface area contributed by atoms with Gasteiger partial charge in [0.25, 0.3) is 5.82 Å². The number of carbonyl (C=O) groups excluding carboxylic acids is 1. The standard InChI is InChI=1S/C8H11N3O4/c1-5-9-11(4-8(14)15)6(2)10(5)3-7(12)13/h3-4H2,1-2H3,(H-,12,13,14,15). The maximum atomic E-state index is 10.5. The first-order chi connectivity index (χ1) is 6.91. The molecule has 1 aromatic heterocycles. The fraction of sp³-hybridized carbons (Fsp3) is 0.500. The number of carbonyl (C=O) groups is 2. The minimum absolute atomic E-state index is 0.231. The van der Waals surface area contributed by atoms with Crippen molar-refractivity contribution in [3.05, 3.63) is 11.6 Å². The van der Waals surface area contributed by atoms with E-state index < -0.39 is 11.9 Å². The first kappa shape index (κ1) is 11.2. The second-order valence-electron chi connectivity index (χ2n) is 3.10. The van der Waals surface area contributed by atoms with Gasteiger partial charge < -0.3 is 15.0 Å². The number of aryl methyl sites for hydroxylation is 1. The summed E-state index contributed by atoms with van der Waals surface area (Å²) in [4.78, 5) is 20.9. The molecule has 1 rings (SSSR count). The Morgan fingerprint density at radius 3 is 2.60 bits per heavy atom. The zero-order valence-electron chi connectivity index (χ0n) is 8.43. The molecular formula is C8H11N3O4. The van der Waals surface area contributed by atoms with Crippen LogP contribution in [0.25, 0.3) is 0 Å². The molecular weight excluding hydrogens is 202 g/mol. The van der Waals surface area contributed by atoms with Crippen LogP contribution in [-0.2, 0) is 22.7 Å². The van der Waals surface area contributed by atoms with Crippen LogP contribution in [0.4, 0.5) is 0 Å². The molecule has 0 aliphatic carbocycles. The van der Waals surface area contributed by atoms with Gasteiger partial charge in [0.1, 0.15) is 6.54 Å². The van der Waals surface area contributed by atoms with Gasteiger partial charge in [0.15, 0.2) is 6.54 Å². The molecule has 0 saturated carbocycles. The van der Waals surface area contributed by atoms with E-state index in [-0.39, 0.29) is 13.1 Å². The summed E-state index contributed by atoms with van der Waals surface area (Å²) in [5, 5.41) is 22.9. The summed E-state index contributed by atoms with van der Waals surface area (Å²) in [5.41, 5.74) is 0. The van der Waals surface area contributed by atoms with Crippen LogP contribution in [0.3, 0.4) is 0 Å². The van der Waals surface area contributed by atoms with Crippen LogP contribution in [0.2, 0.25) is 0 Å². The number of carboxylic acids is 2. The third-order valence-corrected chi connectivity index (χ3v) is 1.99. The minimum atomic E-state index is -1.26. The molecule has 0 atom stereocenters. The average molecular weight is 213 g/mol. The molecule has 0 aliphatic heterocycles. The lowest BCUT2D eigenvalue weighted by Crippen LogP contribution is -2.42. The summed E-state index contributed by atoms with van der Waals surface area (Å²) in [5.74, 6) is -1.34. The Balaban J connectivity index is 3.03. The molecule has 15 heavy (non-hydrogen) atoms. The number of carboxylic acid groups (broad SMARTS) is 2. The molecule has 0 radical (unpaired) electrons. The average Bonchev–Trinajstić information content (AvgIpc) is 2.31. The van der Waals surface area contributed by atoms with E-state index in [1.165, 1.54) is 9.25 Å². The highest BCUT2D eigenvalue weighted by molar-refractivity contribution is 5.65. The maximum absolute atomic E-state index is 10.5. The highest BCUT2D eigenvalue weighted by atomic mass is 16.4. The van der Waals surface area contributed by atoms with Crippen molar-refractivity contribution in [2.24, 2.45) is 0 Å². The highest BCUT2D eigenvalue weighted by Gasteiger charge is 2.20. The van der Waals surface area contributed by atoms with Gasteiger partial charge in [0.2, 0.25) is 5.82 Å². The second-order valence-corrected chi connectivity index (χ2v) is 3.10. The first-order valence-electron chi connectivity index (χ1n) is 4.27. The smallest absolute Gasteiger partial charge is 0.338 e. The van der Waals surface area contributed by atoms with Crippen LogP contribution in [0.15, 0.2) is 0 Å². The van der Waals surface area contributed by atoms with E-state index in [1.807, 2.05) is 0 Å². The van der Waals surface area contributed by atoms with E-state index in [2.05, 4.69) is 5.10 Å². The Morgan fingerprint density at radius 1 is 1.53 bits per heavy atom. The van der Waals surface area contributed by atoms with Crippen molar-refractivity contribution in [3.63, 3.8) is 0 Å². The van der Waals surface area contributed by atoms with Crippen molar-refractivity contribution in [1.29, 1.82) is 0 Å². The molecule has 0 spiro atoms. The van der Waals surface area contributed by atoms with E-state index in [0.29, 0.717) is 11.6 Å². The van der Waals surface area contributed by atoms with Gasteiger partial charge in [-0.2, -0.15) is 0 Å². The summed E-state index contributed by atoms with van der Waals surface area (Å²) < 4.78 is 2.62. The lowest BCUT2D eigenvalue weighted by molar-refractivity contribution is -0.698. The Bertz CT molecular complexity index is 410. The van der Waals surface area contributed by atoms with Crippen LogP contribution in [0, 0.1) is 13.8 Å². The van der Waals surface area contributed by atoms with Crippen molar-refractivity contribution in [3.8, 4) is 0 Å². The van der Waals surface area contributed by atoms with Crippen molar-refractivity contribution in [2.75, 3.05) is 0 Å². The topological polar surface area (TPSA) is 99.1 Å². The molecule has 1 N–H and O–H groups in total. The van der Waals surface area contributed by atoms with Crippen LogP contribution >= 0.6 is 0 Å². The summed E-state index contributed by atoms with van der Waals surface area (Å²) in [6.45, 7) is 2.61. The minimum Gasteiger partial charge on any atom is -0.547 e. The Kier molecular flexibility index (Phi) is 3.03. The van der Waals surface area contributed by atoms with Gasteiger partial charge in [-0.25, -0.2) is 9.36 Å². The van der Waals surface area contributed by atoms with Gasteiger partial charge in [-0.15, -0.1) is 4.68 Å². The highest BCUT2D eigenvalue weighted by Crippen LogP contribution is 1.93. The molecule has 82 valence electrons. The van der Waals surface area contributed by atoms with E-state index in [0.717, 1.165) is 0 Å². The molecule has 0 aromatic carbocycles. The zero-order valence-corrected chi connectivity index (χ0v) is 8.43. The Hall–Kier alpha value is -1.92. The molecule has 0 amide bonds. The molecule has 0 saturated heterocycles. The predicted octanol–water partition coefficient (Wildman–Crippen LogP) is -2.38. The van der Waals surface area contributed by atoms with E-state index in [9.17, 15) is 14.7 Å². The number of nitrogens with zero attached hydrogens (tertiary/aromatic N) is 3. The van der Waals surface area contributed by atoms with Gasteiger partial charge in [0.05, 0.1) is 5.97 Å². The lowest BCUT2D eigenvalue weighted by atomic mass is 10.5. The van der Waals surface area contributed by atoms with Crippen LogP contribution in [0.1, 0.15) is 11.6 Å². The van der Waals surface area contributed by atoms with E-state index in [4.69, 9.17) is 5.11 Å². The van der Waals surface area contributed by atoms with Crippen molar-refractivity contribution in [1.82, 2.24) is 9.78 Å². The summed E-state index contributed by atoms with van der Waals surface area (Å²) in [6, 6.07) is 0. The third-order valence-electron chi connectivity index (χ3n) is 1.99. The number of hydrogen-bond acceptors (Lipinski definition) is 4. The van der Waals surface area contributed by atoms with Gasteiger partial charge in [-0.3, -0.25) is 0 Å². The molecule has 0 fully saturated rings. The SMILES string of the molecule is Cc1nn(CC(=O)[O-])c(C)[n+]1CC(=O)O. The Labute approximate surface area is 85.6 Å². The van der Waals surface area contributed by atoms with E-state index >= 15 is 0 Å². The van der Waals surface area contributed by atoms with Gasteiger partial charge >= 0.3 is 5.97 Å². The number of rotatable bonds is 4. The normalized spacial score (nSPS) is 10.3. The van der Waals surface area contributed by atoms with Crippen LogP contribution < -0.4 is 9.67 Å². The number of aromatic nitrogens is 3. The van der Waals surface area contributed by atoms with Crippen molar-refractivity contribution < 1.29 is 24.4 Å². The quantitative estimate of drug-likeness (QED) is 0.563. The van der Waals surface area contributed by atoms with Crippen molar-refractivity contribution >= 4 is 11.9 Å². The van der Waals surface area contributed by atoms with Gasteiger partial charge in [-0.1, -0.05) is 0 Å². The van der Waals surface area contributed by atoms with Crippen LogP contribution in [0.5, 0.6) is 0 Å². The molecule has 0 aliphatic rings. The first-order valence-corrected chi connectivity index (χ1v) is 4.27. The second kappa shape index (κ2) is 4.07. The van der Waals surface area contributed by atoms with Crippen LogP contribution in [-0.4, -0.2) is 26.8 Å². The lowest BCUT2D eigenvalue weighted by Gasteiger charge is -1.98. The van der Waals surface area contributed by atoms with Gasteiger partial charge in [-0.05, 0) is 0 Å². The molecule has 7 heteroatoms. The largest absolute Gasteiger partial charge is 0.547 e. The monoisotopic (exact) mass is 213 g/mol. The fourth-order valence-electron chi connectivity index (χ4n) is 1.31. The fourth-order valence-corrected chi connectivity index (χ4v) is 1.31. The molecule has 1 heterocycles. The summed E-state index contributed by atoms with van der Waals surface area (Å²) in [6.07, 6.45) is 0. The summed E-state index contributed by atoms with van der Waals surface area (Å²) >= 11 is 0. The molecule has 7 nitrogen and oxygen atoms in total. The molecule has 0 bridgehead atoms. The maximum Gasteiger partial charge on any atom is 0.338 e. The third kappa shape index (κ3) is 2.52. The van der Waals surface area contributed by atoms with Crippen molar-refractivity contribution in [2.45, 2.75) is 26.9 Å². The van der Waals surface area contributed by atoms with E-state index in [1.54, 1.807) is 13.8 Å². The number of aliphatic carboxylic acids is 2. The zero-order chi connectivity index (χ0) is 11.6. The Morgan fingerprint density at radius 2 is 2.13 bits per heavy atom. The molecule has 0 unspecified atom stereocenters. The van der Waals surface area contributed by atoms with Gasteiger partial charge in [0, 0.05) is 18.9 Å². The summed E-state index contributed by atoms with van der Waals surface area (Å²) in [7, 11) is 0. The predicted molar refractivity (Wildman–Crippen MR) is 44.5 cm³/mol. The number of hydrogen-bond donors (Lipinski definition) is 1. The molecule has 1 aromatic rings.